The number of aromatic nitrogens is 4. The van der Waals surface area contributed by atoms with E-state index >= 15 is 0 Å². The Morgan fingerprint density at radius 1 is 1.21 bits per heavy atom. The van der Waals surface area contributed by atoms with Crippen LogP contribution < -0.4 is 4.74 Å². The van der Waals surface area contributed by atoms with Gasteiger partial charge in [-0.3, -0.25) is 9.59 Å². The number of Topliss-reactive ketones (excluding diaryl/α,β-unsaturated/α-hetero) is 2. The largest absolute Gasteiger partial charge is 0.497 e. The number of ketones is 2. The van der Waals surface area contributed by atoms with Crippen molar-refractivity contribution in [2.45, 2.75) is 12.8 Å². The normalized spacial score (nSPS) is 10.5. The van der Waals surface area contributed by atoms with Gasteiger partial charge in [0.05, 0.1) is 7.11 Å². The molecule has 1 N–H and O–H groups in total. The molecule has 0 saturated carbocycles. The van der Waals surface area contributed by atoms with Crippen molar-refractivity contribution in [1.29, 1.82) is 0 Å². The van der Waals surface area contributed by atoms with Gasteiger partial charge in [-0.25, -0.2) is 0 Å². The molecule has 8 heteroatoms. The fourth-order valence-electron chi connectivity index (χ4n) is 2.20. The van der Waals surface area contributed by atoms with Gasteiger partial charge in [-0.15, -0.1) is 21.5 Å². The minimum atomic E-state index is -0.730. The van der Waals surface area contributed by atoms with Crippen LogP contribution in [0.2, 0.25) is 0 Å². The van der Waals surface area contributed by atoms with Gasteiger partial charge in [-0.2, -0.15) is 5.21 Å². The van der Waals surface area contributed by atoms with Gasteiger partial charge >= 0.3 is 0 Å². The maximum absolute atomic E-state index is 12.0. The zero-order valence-corrected chi connectivity index (χ0v) is 13.7. The molecule has 3 rings (SSSR count). The number of carbonyl (C=O) groups is 2. The maximum Gasteiger partial charge on any atom is 0.269 e. The summed E-state index contributed by atoms with van der Waals surface area (Å²) in [4.78, 5) is 24.9. The highest BCUT2D eigenvalue weighted by Crippen LogP contribution is 2.21. The van der Waals surface area contributed by atoms with Crippen LogP contribution in [0.1, 0.15) is 26.6 Å². The summed E-state index contributed by atoms with van der Waals surface area (Å²) >= 11 is 1.56. The minimum absolute atomic E-state index is 0.0342. The number of rotatable bonds is 7. The molecule has 7 nitrogen and oxygen atoms in total. The number of hydrogen-bond acceptors (Lipinski definition) is 7. The molecular formula is C16H14N4O3S. The van der Waals surface area contributed by atoms with Gasteiger partial charge in [0, 0.05) is 17.7 Å². The number of nitrogens with zero attached hydrogens (tertiary/aromatic N) is 3. The van der Waals surface area contributed by atoms with Crippen molar-refractivity contribution < 1.29 is 14.3 Å². The van der Waals surface area contributed by atoms with E-state index in [-0.39, 0.29) is 12.2 Å². The second kappa shape index (κ2) is 7.14. The molecule has 0 spiro atoms. The Morgan fingerprint density at radius 3 is 2.67 bits per heavy atom. The van der Waals surface area contributed by atoms with E-state index in [9.17, 15) is 9.59 Å². The van der Waals surface area contributed by atoms with Crippen molar-refractivity contribution in [3.63, 3.8) is 0 Å². The Hall–Kier alpha value is -2.87. The van der Waals surface area contributed by atoms with Crippen molar-refractivity contribution >= 4 is 22.9 Å². The predicted molar refractivity (Wildman–Crippen MR) is 87.3 cm³/mol. The number of hydrogen-bond donors (Lipinski definition) is 1. The number of ether oxygens (including phenoxy) is 1. The first-order valence-electron chi connectivity index (χ1n) is 7.16. The van der Waals surface area contributed by atoms with Crippen LogP contribution in [0.4, 0.5) is 0 Å². The summed E-state index contributed by atoms with van der Waals surface area (Å²) < 4.78 is 5.14. The van der Waals surface area contributed by atoms with Crippen LogP contribution in [-0.2, 0) is 17.6 Å². The molecule has 0 aliphatic carbocycles. The van der Waals surface area contributed by atoms with Crippen LogP contribution in [0.3, 0.4) is 0 Å². The Bertz CT molecular complexity index is 841. The van der Waals surface area contributed by atoms with Crippen molar-refractivity contribution in [3.05, 3.63) is 57.5 Å². The molecule has 0 radical (unpaired) electrons. The molecule has 1 aromatic carbocycles. The number of H-pyrrole nitrogens is 1. The molecule has 2 heterocycles. The van der Waals surface area contributed by atoms with Crippen molar-refractivity contribution in [2.75, 3.05) is 7.11 Å². The van der Waals surface area contributed by atoms with Gasteiger partial charge in [0.15, 0.2) is 0 Å². The van der Waals surface area contributed by atoms with Crippen molar-refractivity contribution in [3.8, 4) is 5.75 Å². The van der Waals surface area contributed by atoms with Crippen LogP contribution in [0, 0.1) is 0 Å². The number of benzene rings is 1. The van der Waals surface area contributed by atoms with E-state index in [2.05, 4.69) is 20.6 Å². The quantitative estimate of drug-likeness (QED) is 0.520. The van der Waals surface area contributed by atoms with Crippen LogP contribution in [0.5, 0.6) is 5.75 Å². The number of aromatic amines is 1. The van der Waals surface area contributed by atoms with Gasteiger partial charge in [0.2, 0.25) is 11.6 Å². The standard InChI is InChI=1S/C16H14N4O3S/c1-23-12-4-2-10(3-5-12)6-13-7-11(9-24-13)8-14(21)15(22)16-17-19-20-18-16/h2-5,7,9H,6,8H2,1H3,(H,17,18,19,20). The van der Waals surface area contributed by atoms with Gasteiger partial charge in [-0.05, 0) is 39.9 Å². The molecule has 0 aliphatic heterocycles. The van der Waals surface area contributed by atoms with Crippen molar-refractivity contribution in [1.82, 2.24) is 20.6 Å². The average molecular weight is 342 g/mol. The first-order chi connectivity index (χ1) is 11.7. The Labute approximate surface area is 141 Å². The van der Waals surface area contributed by atoms with E-state index in [4.69, 9.17) is 4.74 Å². The molecular weight excluding hydrogens is 328 g/mol. The van der Waals surface area contributed by atoms with Crippen LogP contribution in [0.15, 0.2) is 35.7 Å². The lowest BCUT2D eigenvalue weighted by Gasteiger charge is -2.01. The van der Waals surface area contributed by atoms with E-state index in [0.29, 0.717) is 0 Å². The second-order valence-corrected chi connectivity index (χ2v) is 6.11. The topological polar surface area (TPSA) is 97.8 Å². The summed E-state index contributed by atoms with van der Waals surface area (Å²) in [6.07, 6.45) is 0.800. The Kier molecular flexibility index (Phi) is 4.76. The molecule has 3 aromatic rings. The third-order valence-corrected chi connectivity index (χ3v) is 4.40. The third-order valence-electron chi connectivity index (χ3n) is 3.41. The number of tetrazole rings is 1. The molecule has 0 atom stereocenters. The summed E-state index contributed by atoms with van der Waals surface area (Å²) in [5, 5.41) is 14.4. The summed E-state index contributed by atoms with van der Waals surface area (Å²) in [7, 11) is 1.63. The summed E-state index contributed by atoms with van der Waals surface area (Å²) in [6.45, 7) is 0. The van der Waals surface area contributed by atoms with E-state index < -0.39 is 11.6 Å². The van der Waals surface area contributed by atoms with E-state index in [1.54, 1.807) is 18.4 Å². The fraction of sp³-hybridized carbons (Fsp3) is 0.188. The smallest absolute Gasteiger partial charge is 0.269 e. The van der Waals surface area contributed by atoms with Gasteiger partial charge in [-0.1, -0.05) is 12.1 Å². The van der Waals surface area contributed by atoms with Gasteiger partial charge in [0.25, 0.3) is 5.78 Å². The molecule has 0 bridgehead atoms. The highest BCUT2D eigenvalue weighted by molar-refractivity contribution is 7.10. The number of methoxy groups -OCH3 is 1. The molecule has 122 valence electrons. The monoisotopic (exact) mass is 342 g/mol. The summed E-state index contributed by atoms with van der Waals surface area (Å²) in [6, 6.07) is 9.77. The maximum atomic E-state index is 12.0. The fourth-order valence-corrected chi connectivity index (χ4v) is 3.13. The molecule has 0 unspecified atom stereocenters. The van der Waals surface area contributed by atoms with Gasteiger partial charge < -0.3 is 4.74 Å². The molecule has 0 fully saturated rings. The highest BCUT2D eigenvalue weighted by Gasteiger charge is 2.21. The lowest BCUT2D eigenvalue weighted by molar-refractivity contribution is -0.114. The second-order valence-electron chi connectivity index (χ2n) is 5.11. The lowest BCUT2D eigenvalue weighted by Crippen LogP contribution is -2.17. The first kappa shape index (κ1) is 16.0. The van der Waals surface area contributed by atoms with E-state index in [0.717, 1.165) is 28.2 Å². The molecule has 0 aliphatic rings. The Morgan fingerprint density at radius 2 is 2.00 bits per heavy atom. The van der Waals surface area contributed by atoms with Crippen molar-refractivity contribution in [2.24, 2.45) is 0 Å². The predicted octanol–water partition coefficient (Wildman–Crippen LogP) is 1.86. The molecule has 0 amide bonds. The minimum Gasteiger partial charge on any atom is -0.497 e. The summed E-state index contributed by atoms with van der Waals surface area (Å²) in [5.74, 6) is -0.665. The summed E-state index contributed by atoms with van der Waals surface area (Å²) in [5.41, 5.74) is 1.96. The third kappa shape index (κ3) is 3.72. The highest BCUT2D eigenvalue weighted by atomic mass is 32.1. The van der Waals surface area contributed by atoms with Crippen LogP contribution in [0.25, 0.3) is 0 Å². The lowest BCUT2D eigenvalue weighted by atomic mass is 10.1. The van der Waals surface area contributed by atoms with E-state index in [1.165, 1.54) is 0 Å². The zero-order valence-electron chi connectivity index (χ0n) is 12.9. The Balaban J connectivity index is 1.62. The molecule has 0 saturated heterocycles. The number of carbonyl (C=O) groups excluding carboxylic acids is 2. The molecule has 2 aromatic heterocycles. The van der Waals surface area contributed by atoms with Gasteiger partial charge in [0.1, 0.15) is 5.75 Å². The molecule has 24 heavy (non-hydrogen) atoms. The average Bonchev–Trinajstić information content (AvgIpc) is 3.27. The van der Waals surface area contributed by atoms with Crippen LogP contribution in [-0.4, -0.2) is 39.3 Å². The number of nitrogens with one attached hydrogen (secondary N) is 1. The first-order valence-corrected chi connectivity index (χ1v) is 8.04. The zero-order chi connectivity index (χ0) is 16.9. The van der Waals surface area contributed by atoms with Crippen LogP contribution >= 0.6 is 11.3 Å². The van der Waals surface area contributed by atoms with E-state index in [1.807, 2.05) is 35.7 Å². The SMILES string of the molecule is COc1ccc(Cc2cc(CC(=O)C(=O)c3nn[nH]n3)cs2)cc1. The number of thiophene rings is 1.